The average molecular weight is 240 g/mol. The van der Waals surface area contributed by atoms with Crippen molar-refractivity contribution in [2.45, 2.75) is 64.1 Å². The van der Waals surface area contributed by atoms with Gasteiger partial charge in [0.05, 0.1) is 6.10 Å². The molecule has 3 atom stereocenters. The molecule has 3 nitrogen and oxygen atoms in total. The van der Waals surface area contributed by atoms with Crippen LogP contribution in [0, 0.1) is 0 Å². The fourth-order valence-electron chi connectivity index (χ4n) is 3.22. The zero-order valence-electron chi connectivity index (χ0n) is 11.5. The lowest BCUT2D eigenvalue weighted by Gasteiger charge is -2.25. The molecule has 0 amide bonds. The van der Waals surface area contributed by atoms with Crippen LogP contribution in [0.1, 0.15) is 46.0 Å². The van der Waals surface area contributed by atoms with Crippen molar-refractivity contribution < 1.29 is 4.74 Å². The van der Waals surface area contributed by atoms with E-state index >= 15 is 0 Å². The van der Waals surface area contributed by atoms with E-state index in [-0.39, 0.29) is 0 Å². The van der Waals surface area contributed by atoms with E-state index in [0.717, 1.165) is 19.2 Å². The van der Waals surface area contributed by atoms with Crippen molar-refractivity contribution in [2.24, 2.45) is 0 Å². The molecule has 2 fully saturated rings. The van der Waals surface area contributed by atoms with Gasteiger partial charge in [0.15, 0.2) is 0 Å². The Kier molecular flexibility index (Phi) is 5.26. The first kappa shape index (κ1) is 13.3. The molecule has 1 N–H and O–H groups in total. The van der Waals surface area contributed by atoms with Crippen LogP contribution in [0.3, 0.4) is 0 Å². The van der Waals surface area contributed by atoms with Crippen LogP contribution in [0.5, 0.6) is 0 Å². The van der Waals surface area contributed by atoms with Crippen molar-refractivity contribution in [3.05, 3.63) is 0 Å². The van der Waals surface area contributed by atoms with Crippen LogP contribution in [0.4, 0.5) is 0 Å². The summed E-state index contributed by atoms with van der Waals surface area (Å²) in [7, 11) is 0. The maximum absolute atomic E-state index is 5.70. The molecule has 0 aliphatic carbocycles. The van der Waals surface area contributed by atoms with Crippen LogP contribution in [0.2, 0.25) is 0 Å². The molecule has 2 heterocycles. The van der Waals surface area contributed by atoms with E-state index in [1.165, 1.54) is 45.2 Å². The summed E-state index contributed by atoms with van der Waals surface area (Å²) in [5.74, 6) is 0. The van der Waals surface area contributed by atoms with E-state index in [4.69, 9.17) is 4.74 Å². The number of likely N-dealkylation sites (tertiary alicyclic amines) is 1. The second kappa shape index (κ2) is 6.72. The maximum Gasteiger partial charge on any atom is 0.0726 e. The normalized spacial score (nSPS) is 32.1. The molecule has 2 rings (SSSR count). The molecule has 0 aromatic heterocycles. The van der Waals surface area contributed by atoms with E-state index in [9.17, 15) is 0 Å². The fourth-order valence-corrected chi connectivity index (χ4v) is 3.22. The Morgan fingerprint density at radius 2 is 2.24 bits per heavy atom. The Morgan fingerprint density at radius 1 is 1.35 bits per heavy atom. The number of hydrogen-bond acceptors (Lipinski definition) is 3. The zero-order valence-corrected chi connectivity index (χ0v) is 11.5. The van der Waals surface area contributed by atoms with Crippen molar-refractivity contribution in [3.8, 4) is 0 Å². The van der Waals surface area contributed by atoms with Gasteiger partial charge < -0.3 is 10.1 Å². The van der Waals surface area contributed by atoms with Gasteiger partial charge in [-0.3, -0.25) is 4.90 Å². The molecule has 0 aromatic carbocycles. The standard InChI is InChI=1S/C14H28N2O/c1-3-13-6-4-9-16(13)10-8-15-12(2)14-7-5-11-17-14/h12-15H,3-11H2,1-2H3. The van der Waals surface area contributed by atoms with Crippen LogP contribution >= 0.6 is 0 Å². The number of nitrogens with one attached hydrogen (secondary N) is 1. The Bertz CT molecular complexity index is 216. The number of ether oxygens (including phenoxy) is 1. The second-order valence-corrected chi connectivity index (χ2v) is 5.53. The molecule has 0 saturated carbocycles. The molecule has 2 aliphatic heterocycles. The predicted molar refractivity (Wildman–Crippen MR) is 71.3 cm³/mol. The minimum absolute atomic E-state index is 0.454. The molecule has 2 saturated heterocycles. The van der Waals surface area contributed by atoms with Gasteiger partial charge in [-0.15, -0.1) is 0 Å². The quantitative estimate of drug-likeness (QED) is 0.769. The minimum Gasteiger partial charge on any atom is -0.377 e. The fraction of sp³-hybridized carbons (Fsp3) is 1.00. The number of nitrogens with zero attached hydrogens (tertiary/aromatic N) is 1. The molecule has 100 valence electrons. The minimum atomic E-state index is 0.454. The van der Waals surface area contributed by atoms with Gasteiger partial charge in [0.2, 0.25) is 0 Å². The van der Waals surface area contributed by atoms with Gasteiger partial charge in [-0.2, -0.15) is 0 Å². The molecule has 17 heavy (non-hydrogen) atoms. The molecular formula is C14H28N2O. The predicted octanol–water partition coefficient (Wildman–Crippen LogP) is 2.02. The molecule has 0 bridgehead atoms. The molecule has 0 spiro atoms. The van der Waals surface area contributed by atoms with Crippen LogP contribution in [-0.2, 0) is 4.74 Å². The Balaban J connectivity index is 1.61. The van der Waals surface area contributed by atoms with Crippen molar-refractivity contribution >= 4 is 0 Å². The van der Waals surface area contributed by atoms with E-state index in [2.05, 4.69) is 24.1 Å². The molecule has 3 unspecified atom stereocenters. The topological polar surface area (TPSA) is 24.5 Å². The van der Waals surface area contributed by atoms with E-state index in [1.807, 2.05) is 0 Å². The second-order valence-electron chi connectivity index (χ2n) is 5.53. The van der Waals surface area contributed by atoms with E-state index < -0.39 is 0 Å². The molecule has 2 aliphatic rings. The summed E-state index contributed by atoms with van der Waals surface area (Å²) < 4.78 is 5.70. The Hall–Kier alpha value is -0.120. The summed E-state index contributed by atoms with van der Waals surface area (Å²) in [5, 5.41) is 3.63. The van der Waals surface area contributed by atoms with Gasteiger partial charge >= 0.3 is 0 Å². The van der Waals surface area contributed by atoms with E-state index in [0.29, 0.717) is 12.1 Å². The first-order valence-corrected chi connectivity index (χ1v) is 7.40. The summed E-state index contributed by atoms with van der Waals surface area (Å²) in [5.41, 5.74) is 0. The summed E-state index contributed by atoms with van der Waals surface area (Å²) in [4.78, 5) is 2.65. The highest BCUT2D eigenvalue weighted by molar-refractivity contribution is 4.80. The monoisotopic (exact) mass is 240 g/mol. The molecule has 3 heteroatoms. The third kappa shape index (κ3) is 3.67. The van der Waals surface area contributed by atoms with Crippen molar-refractivity contribution in [3.63, 3.8) is 0 Å². The third-order valence-corrected chi connectivity index (χ3v) is 4.36. The Morgan fingerprint density at radius 3 is 2.94 bits per heavy atom. The molecule has 0 aromatic rings. The van der Waals surface area contributed by atoms with Crippen LogP contribution in [0.25, 0.3) is 0 Å². The van der Waals surface area contributed by atoms with Crippen LogP contribution < -0.4 is 5.32 Å². The average Bonchev–Trinajstić information content (AvgIpc) is 2.99. The van der Waals surface area contributed by atoms with Gasteiger partial charge in [-0.25, -0.2) is 0 Å². The SMILES string of the molecule is CCC1CCCN1CCNC(C)C1CCCO1. The van der Waals surface area contributed by atoms with Gasteiger partial charge in [0.1, 0.15) is 0 Å². The largest absolute Gasteiger partial charge is 0.377 e. The summed E-state index contributed by atoms with van der Waals surface area (Å²) in [6.07, 6.45) is 7.02. The van der Waals surface area contributed by atoms with Crippen LogP contribution in [-0.4, -0.2) is 49.3 Å². The van der Waals surface area contributed by atoms with Crippen LogP contribution in [0.15, 0.2) is 0 Å². The molecule has 0 radical (unpaired) electrons. The van der Waals surface area contributed by atoms with E-state index in [1.54, 1.807) is 0 Å². The molecular weight excluding hydrogens is 212 g/mol. The van der Waals surface area contributed by atoms with Gasteiger partial charge in [0.25, 0.3) is 0 Å². The highest BCUT2D eigenvalue weighted by Gasteiger charge is 2.24. The number of rotatable bonds is 6. The summed E-state index contributed by atoms with van der Waals surface area (Å²) in [6, 6.07) is 1.36. The lowest BCUT2D eigenvalue weighted by molar-refractivity contribution is 0.0824. The highest BCUT2D eigenvalue weighted by Crippen LogP contribution is 2.19. The zero-order chi connectivity index (χ0) is 12.1. The Labute approximate surface area is 106 Å². The maximum atomic E-state index is 5.70. The summed E-state index contributed by atoms with van der Waals surface area (Å²) >= 11 is 0. The van der Waals surface area contributed by atoms with Gasteiger partial charge in [-0.1, -0.05) is 6.92 Å². The van der Waals surface area contributed by atoms with Crippen molar-refractivity contribution in [1.82, 2.24) is 10.2 Å². The first-order valence-electron chi connectivity index (χ1n) is 7.40. The lowest BCUT2D eigenvalue weighted by Crippen LogP contribution is -2.42. The smallest absolute Gasteiger partial charge is 0.0726 e. The highest BCUT2D eigenvalue weighted by atomic mass is 16.5. The third-order valence-electron chi connectivity index (χ3n) is 4.36. The van der Waals surface area contributed by atoms with Gasteiger partial charge in [-0.05, 0) is 45.6 Å². The lowest BCUT2D eigenvalue weighted by atomic mass is 10.1. The van der Waals surface area contributed by atoms with Crippen molar-refractivity contribution in [1.29, 1.82) is 0 Å². The van der Waals surface area contributed by atoms with Gasteiger partial charge in [0, 0.05) is 31.8 Å². The number of hydrogen-bond donors (Lipinski definition) is 1. The first-order chi connectivity index (χ1) is 8.31. The summed E-state index contributed by atoms with van der Waals surface area (Å²) in [6.45, 7) is 9.14. The van der Waals surface area contributed by atoms with Crippen molar-refractivity contribution in [2.75, 3.05) is 26.2 Å².